The Morgan fingerprint density at radius 3 is 2.23 bits per heavy atom. The number of nitrogens with one attached hydrogen (secondary N) is 1. The Hall–Kier alpha value is -2.61. The number of anilines is 1. The molecule has 140 valence electrons. The quantitative estimate of drug-likeness (QED) is 0.769. The number of carbonyl (C=O) groups is 1. The lowest BCUT2D eigenvalue weighted by molar-refractivity contribution is -0.274. The lowest BCUT2D eigenvalue weighted by atomic mass is 10.1. The topological polar surface area (TPSA) is 41.6 Å². The average Bonchev–Trinajstić information content (AvgIpc) is 2.55. The first-order chi connectivity index (χ1) is 12.1. The van der Waals surface area contributed by atoms with Crippen LogP contribution in [0, 0.1) is 5.82 Å². The second kappa shape index (κ2) is 8.18. The molecule has 0 aliphatic heterocycles. The molecule has 1 N–H and O–H groups in total. The summed E-state index contributed by atoms with van der Waals surface area (Å²) in [5.41, 5.74) is 1.21. The van der Waals surface area contributed by atoms with Crippen LogP contribution in [0.4, 0.5) is 23.2 Å². The van der Waals surface area contributed by atoms with Crippen molar-refractivity contribution in [1.29, 1.82) is 0 Å². The van der Waals surface area contributed by atoms with Crippen LogP contribution in [0.3, 0.4) is 0 Å². The third kappa shape index (κ3) is 6.03. The fourth-order valence-corrected chi connectivity index (χ4v) is 2.30. The number of halogens is 4. The first kappa shape index (κ1) is 19.7. The van der Waals surface area contributed by atoms with Crippen molar-refractivity contribution in [2.45, 2.75) is 19.3 Å². The number of ether oxygens (including phenoxy) is 1. The highest BCUT2D eigenvalue weighted by molar-refractivity contribution is 5.92. The second-order valence-corrected chi connectivity index (χ2v) is 5.76. The largest absolute Gasteiger partial charge is 0.573 e. The van der Waals surface area contributed by atoms with E-state index in [1.807, 2.05) is 6.92 Å². The van der Waals surface area contributed by atoms with Gasteiger partial charge in [-0.1, -0.05) is 12.1 Å². The molecule has 1 atom stereocenters. The summed E-state index contributed by atoms with van der Waals surface area (Å²) in [5, 5.41) is 2.60. The molecule has 0 spiro atoms. The normalized spacial score (nSPS) is 12.7. The lowest BCUT2D eigenvalue weighted by Gasteiger charge is -2.24. The molecule has 2 aromatic rings. The second-order valence-electron chi connectivity index (χ2n) is 5.76. The molecular weight excluding hydrogens is 352 g/mol. The maximum absolute atomic E-state index is 13.0. The number of likely N-dealkylation sites (N-methyl/N-ethyl adjacent to an activating group) is 1. The molecule has 0 radical (unpaired) electrons. The van der Waals surface area contributed by atoms with Crippen molar-refractivity contribution >= 4 is 11.6 Å². The monoisotopic (exact) mass is 370 g/mol. The van der Waals surface area contributed by atoms with E-state index in [1.165, 1.54) is 24.3 Å². The van der Waals surface area contributed by atoms with Crippen LogP contribution in [0.2, 0.25) is 0 Å². The Morgan fingerprint density at radius 2 is 1.69 bits per heavy atom. The van der Waals surface area contributed by atoms with Crippen LogP contribution in [0.15, 0.2) is 48.5 Å². The van der Waals surface area contributed by atoms with Crippen molar-refractivity contribution in [2.75, 3.05) is 18.9 Å². The molecule has 1 amide bonds. The predicted octanol–water partition coefficient (Wildman–Crippen LogP) is 4.36. The molecule has 2 aromatic carbocycles. The molecule has 0 aliphatic rings. The molecule has 0 unspecified atom stereocenters. The molecule has 4 nitrogen and oxygen atoms in total. The minimum atomic E-state index is -4.76. The summed E-state index contributed by atoms with van der Waals surface area (Å²) in [6.45, 7) is 1.93. The summed E-state index contributed by atoms with van der Waals surface area (Å²) < 4.78 is 53.1. The van der Waals surface area contributed by atoms with Crippen LogP contribution in [-0.2, 0) is 4.79 Å². The minimum absolute atomic E-state index is 0.0549. The highest BCUT2D eigenvalue weighted by atomic mass is 19.4. The molecule has 0 saturated carbocycles. The van der Waals surface area contributed by atoms with Crippen LogP contribution < -0.4 is 10.1 Å². The molecule has 0 aliphatic carbocycles. The van der Waals surface area contributed by atoms with Gasteiger partial charge in [-0.3, -0.25) is 9.69 Å². The van der Waals surface area contributed by atoms with Gasteiger partial charge in [-0.15, -0.1) is 13.2 Å². The van der Waals surface area contributed by atoms with E-state index in [1.54, 1.807) is 24.1 Å². The van der Waals surface area contributed by atoms with E-state index in [2.05, 4.69) is 10.1 Å². The van der Waals surface area contributed by atoms with E-state index in [9.17, 15) is 22.4 Å². The molecule has 0 bridgehead atoms. The van der Waals surface area contributed by atoms with Gasteiger partial charge in [0.2, 0.25) is 5.91 Å². The molecule has 8 heteroatoms. The van der Waals surface area contributed by atoms with Crippen molar-refractivity contribution in [1.82, 2.24) is 4.90 Å². The summed E-state index contributed by atoms with van der Waals surface area (Å²) in [5.74, 6) is -1.03. The van der Waals surface area contributed by atoms with Crippen molar-refractivity contribution in [3.05, 3.63) is 59.9 Å². The molecule has 2 rings (SSSR count). The van der Waals surface area contributed by atoms with Gasteiger partial charge in [-0.05, 0) is 55.9 Å². The smallest absolute Gasteiger partial charge is 0.406 e. The van der Waals surface area contributed by atoms with Gasteiger partial charge < -0.3 is 10.1 Å². The van der Waals surface area contributed by atoms with Crippen molar-refractivity contribution in [3.63, 3.8) is 0 Å². The number of nitrogens with zero attached hydrogens (tertiary/aromatic N) is 1. The molecule has 0 saturated heterocycles. The molecular formula is C18H18F4N2O2. The number of alkyl halides is 3. The third-order valence-corrected chi connectivity index (χ3v) is 3.78. The zero-order chi connectivity index (χ0) is 19.3. The Morgan fingerprint density at radius 1 is 1.12 bits per heavy atom. The van der Waals surface area contributed by atoms with Gasteiger partial charge in [-0.25, -0.2) is 4.39 Å². The fourth-order valence-electron chi connectivity index (χ4n) is 2.30. The molecule has 0 aromatic heterocycles. The third-order valence-electron chi connectivity index (χ3n) is 3.78. The Labute approximate surface area is 148 Å². The first-order valence-corrected chi connectivity index (χ1v) is 7.75. The standard InChI is InChI=1S/C18H18F4N2O2/c1-12(13-3-5-14(19)6-4-13)24(2)11-17(25)23-15-7-9-16(10-8-15)26-18(20,21)22/h3-10,12H,11H2,1-2H3,(H,23,25)/t12-/m1/s1. The van der Waals surface area contributed by atoms with E-state index in [0.717, 1.165) is 17.7 Å². The number of carbonyl (C=O) groups excluding carboxylic acids is 1. The van der Waals surface area contributed by atoms with Crippen LogP contribution in [0.1, 0.15) is 18.5 Å². The van der Waals surface area contributed by atoms with Gasteiger partial charge in [-0.2, -0.15) is 0 Å². The van der Waals surface area contributed by atoms with Crippen molar-refractivity contribution < 1.29 is 27.1 Å². The highest BCUT2D eigenvalue weighted by Crippen LogP contribution is 2.24. The summed E-state index contributed by atoms with van der Waals surface area (Å²) in [6, 6.07) is 10.8. The molecule has 0 fully saturated rings. The molecule has 26 heavy (non-hydrogen) atoms. The van der Waals surface area contributed by atoms with Crippen LogP contribution in [-0.4, -0.2) is 30.8 Å². The van der Waals surface area contributed by atoms with Crippen LogP contribution in [0.25, 0.3) is 0 Å². The van der Waals surface area contributed by atoms with E-state index in [0.29, 0.717) is 5.69 Å². The van der Waals surface area contributed by atoms with Crippen molar-refractivity contribution in [2.24, 2.45) is 0 Å². The number of benzene rings is 2. The summed E-state index contributed by atoms with van der Waals surface area (Å²) in [6.07, 6.45) is -4.76. The lowest BCUT2D eigenvalue weighted by Crippen LogP contribution is -2.32. The first-order valence-electron chi connectivity index (χ1n) is 7.75. The van der Waals surface area contributed by atoms with E-state index >= 15 is 0 Å². The van der Waals surface area contributed by atoms with Crippen molar-refractivity contribution in [3.8, 4) is 5.75 Å². The zero-order valence-corrected chi connectivity index (χ0v) is 14.2. The van der Waals surface area contributed by atoms with Gasteiger partial charge in [0.1, 0.15) is 11.6 Å². The summed E-state index contributed by atoms with van der Waals surface area (Å²) in [7, 11) is 1.74. The van der Waals surface area contributed by atoms with Gasteiger partial charge >= 0.3 is 6.36 Å². The maximum Gasteiger partial charge on any atom is 0.573 e. The number of amides is 1. The van der Waals surface area contributed by atoms with Gasteiger partial charge in [0.25, 0.3) is 0 Å². The Bertz CT molecular complexity index is 730. The van der Waals surface area contributed by atoms with Gasteiger partial charge in [0.05, 0.1) is 6.54 Å². The Kier molecular flexibility index (Phi) is 6.20. The van der Waals surface area contributed by atoms with E-state index in [-0.39, 0.29) is 30.1 Å². The van der Waals surface area contributed by atoms with E-state index < -0.39 is 6.36 Å². The number of hydrogen-bond acceptors (Lipinski definition) is 3. The zero-order valence-electron chi connectivity index (χ0n) is 14.2. The highest BCUT2D eigenvalue weighted by Gasteiger charge is 2.31. The van der Waals surface area contributed by atoms with Gasteiger partial charge in [0.15, 0.2) is 0 Å². The van der Waals surface area contributed by atoms with E-state index in [4.69, 9.17) is 0 Å². The summed E-state index contributed by atoms with van der Waals surface area (Å²) in [4.78, 5) is 13.9. The maximum atomic E-state index is 13.0. The number of hydrogen-bond donors (Lipinski definition) is 1. The predicted molar refractivity (Wildman–Crippen MR) is 89.2 cm³/mol. The number of rotatable bonds is 6. The van der Waals surface area contributed by atoms with Crippen LogP contribution in [0.5, 0.6) is 5.75 Å². The van der Waals surface area contributed by atoms with Crippen LogP contribution >= 0.6 is 0 Å². The van der Waals surface area contributed by atoms with Gasteiger partial charge in [0, 0.05) is 11.7 Å². The molecule has 0 heterocycles. The Balaban J connectivity index is 1.90. The SMILES string of the molecule is C[C@H](c1ccc(F)cc1)N(C)CC(=O)Nc1ccc(OC(F)(F)F)cc1. The fraction of sp³-hybridized carbons (Fsp3) is 0.278. The summed E-state index contributed by atoms with van der Waals surface area (Å²) >= 11 is 0. The average molecular weight is 370 g/mol. The minimum Gasteiger partial charge on any atom is -0.406 e.